The smallest absolute Gasteiger partial charge is 0.261 e. The molecule has 126 valence electrons. The second kappa shape index (κ2) is 6.20. The maximum atomic E-state index is 6.25. The van der Waals surface area contributed by atoms with Crippen LogP contribution in [0.2, 0.25) is 5.02 Å². The first kappa shape index (κ1) is 17.0. The van der Waals surface area contributed by atoms with Crippen LogP contribution in [0.1, 0.15) is 30.8 Å². The van der Waals surface area contributed by atoms with E-state index in [1.54, 1.807) is 4.68 Å². The van der Waals surface area contributed by atoms with Crippen LogP contribution in [0.15, 0.2) is 35.0 Å². The molecule has 1 saturated carbocycles. The second-order valence-electron chi connectivity index (χ2n) is 5.98. The Bertz CT molecular complexity index is 852. The third kappa shape index (κ3) is 2.81. The van der Waals surface area contributed by atoms with Crippen LogP contribution in [0.3, 0.4) is 0 Å². The van der Waals surface area contributed by atoms with E-state index < -0.39 is 5.54 Å². The van der Waals surface area contributed by atoms with Crippen LogP contribution >= 0.6 is 24.0 Å². The fourth-order valence-corrected chi connectivity index (χ4v) is 2.84. The van der Waals surface area contributed by atoms with E-state index in [-0.39, 0.29) is 12.4 Å². The minimum Gasteiger partial charge on any atom is -0.334 e. The number of benzene rings is 1. The molecule has 2 N–H and O–H groups in total. The Hall–Kier alpha value is -1.89. The van der Waals surface area contributed by atoms with Crippen molar-refractivity contribution in [3.05, 3.63) is 47.0 Å². The Labute approximate surface area is 150 Å². The molecule has 1 fully saturated rings. The zero-order valence-corrected chi connectivity index (χ0v) is 14.6. The van der Waals surface area contributed by atoms with Gasteiger partial charge in [-0.2, -0.15) is 10.1 Å². The predicted octanol–water partition coefficient (Wildman–Crippen LogP) is 3.64. The van der Waals surface area contributed by atoms with Crippen LogP contribution in [0, 0.1) is 6.92 Å². The van der Waals surface area contributed by atoms with Crippen molar-refractivity contribution in [2.24, 2.45) is 5.73 Å². The van der Waals surface area contributed by atoms with Gasteiger partial charge in [0, 0.05) is 11.2 Å². The molecule has 1 aliphatic rings. The highest BCUT2D eigenvalue weighted by atomic mass is 35.5. The molecule has 0 atom stereocenters. The Balaban J connectivity index is 0.00000169. The zero-order valence-electron chi connectivity index (χ0n) is 13.1. The third-order valence-electron chi connectivity index (χ3n) is 4.34. The summed E-state index contributed by atoms with van der Waals surface area (Å²) in [4.78, 5) is 4.48. The van der Waals surface area contributed by atoms with Crippen molar-refractivity contribution in [3.63, 3.8) is 0 Å². The summed E-state index contributed by atoms with van der Waals surface area (Å²) in [5.74, 6) is 1.03. The maximum absolute atomic E-state index is 6.25. The van der Waals surface area contributed by atoms with Gasteiger partial charge < -0.3 is 10.3 Å². The molecular formula is C16H17Cl2N5O. The molecule has 24 heavy (non-hydrogen) atoms. The van der Waals surface area contributed by atoms with E-state index in [1.165, 1.54) is 0 Å². The first-order chi connectivity index (χ1) is 11.0. The van der Waals surface area contributed by atoms with Gasteiger partial charge in [-0.15, -0.1) is 12.4 Å². The van der Waals surface area contributed by atoms with E-state index in [0.717, 1.165) is 36.2 Å². The molecule has 2 heterocycles. The Morgan fingerprint density at radius 2 is 1.96 bits per heavy atom. The van der Waals surface area contributed by atoms with E-state index in [0.29, 0.717) is 16.7 Å². The number of aryl methyl sites for hydroxylation is 1. The normalized spacial score (nSPS) is 15.6. The molecule has 4 rings (SSSR count). The lowest BCUT2D eigenvalue weighted by Gasteiger charge is -2.34. The number of nitrogens with two attached hydrogens (primary N) is 1. The number of nitrogens with zero attached hydrogens (tertiary/aromatic N) is 4. The molecule has 0 aliphatic heterocycles. The minimum atomic E-state index is -0.429. The quantitative estimate of drug-likeness (QED) is 0.765. The maximum Gasteiger partial charge on any atom is 0.261 e. The molecule has 1 aliphatic carbocycles. The number of rotatable bonds is 3. The van der Waals surface area contributed by atoms with Crippen molar-refractivity contribution in [3.8, 4) is 17.1 Å². The lowest BCUT2D eigenvalue weighted by molar-refractivity contribution is 0.229. The molecule has 1 aromatic carbocycles. The molecule has 0 amide bonds. The Morgan fingerprint density at radius 3 is 2.58 bits per heavy atom. The van der Waals surface area contributed by atoms with Crippen molar-refractivity contribution in [2.45, 2.75) is 31.7 Å². The second-order valence-corrected chi connectivity index (χ2v) is 6.42. The molecule has 8 heteroatoms. The van der Waals surface area contributed by atoms with Crippen molar-refractivity contribution in [2.75, 3.05) is 0 Å². The van der Waals surface area contributed by atoms with E-state index >= 15 is 0 Å². The molecular weight excluding hydrogens is 349 g/mol. The molecule has 3 aromatic rings. The van der Waals surface area contributed by atoms with E-state index in [4.69, 9.17) is 21.9 Å². The van der Waals surface area contributed by atoms with Gasteiger partial charge in [-0.25, -0.2) is 4.68 Å². The fourth-order valence-electron chi connectivity index (χ4n) is 2.71. The van der Waals surface area contributed by atoms with Crippen LogP contribution in [0.5, 0.6) is 0 Å². The van der Waals surface area contributed by atoms with Crippen LogP contribution in [0.4, 0.5) is 0 Å². The average molecular weight is 366 g/mol. The lowest BCUT2D eigenvalue weighted by Crippen LogP contribution is -2.44. The van der Waals surface area contributed by atoms with Gasteiger partial charge in [0.15, 0.2) is 5.82 Å². The molecule has 0 radical (unpaired) electrons. The highest BCUT2D eigenvalue weighted by Crippen LogP contribution is 2.37. The van der Waals surface area contributed by atoms with E-state index in [9.17, 15) is 0 Å². The van der Waals surface area contributed by atoms with E-state index in [2.05, 4.69) is 15.2 Å². The average Bonchev–Trinajstić information content (AvgIpc) is 3.12. The number of halogens is 2. The summed E-state index contributed by atoms with van der Waals surface area (Å²) in [6.45, 7) is 1.91. The van der Waals surface area contributed by atoms with Gasteiger partial charge in [-0.05, 0) is 50.5 Å². The van der Waals surface area contributed by atoms with Crippen molar-refractivity contribution >= 4 is 24.0 Å². The largest absolute Gasteiger partial charge is 0.334 e. The van der Waals surface area contributed by atoms with E-state index in [1.807, 2.05) is 37.4 Å². The van der Waals surface area contributed by atoms with Gasteiger partial charge in [-0.3, -0.25) is 0 Å². The highest BCUT2D eigenvalue weighted by molar-refractivity contribution is 6.30. The van der Waals surface area contributed by atoms with Gasteiger partial charge in [0.1, 0.15) is 0 Å². The molecule has 0 unspecified atom stereocenters. The number of aromatic nitrogens is 4. The summed E-state index contributed by atoms with van der Waals surface area (Å²) in [5, 5.41) is 9.25. The van der Waals surface area contributed by atoms with Crippen LogP contribution in [-0.2, 0) is 5.54 Å². The lowest BCUT2D eigenvalue weighted by atomic mass is 9.77. The molecule has 2 aromatic heterocycles. The standard InChI is InChI=1S/C16H16ClN5O.ClH/c1-10-13(9-22(20-10)12-5-3-11(17)4-6-12)14-19-15(21-23-14)16(18)7-2-8-16;/h3-6,9H,2,7-8,18H2,1H3;1H. The van der Waals surface area contributed by atoms with Gasteiger partial charge >= 0.3 is 0 Å². The summed E-state index contributed by atoms with van der Waals surface area (Å²) in [6.07, 6.45) is 4.78. The minimum absolute atomic E-state index is 0. The Morgan fingerprint density at radius 1 is 1.25 bits per heavy atom. The highest BCUT2D eigenvalue weighted by Gasteiger charge is 2.39. The fraction of sp³-hybridized carbons (Fsp3) is 0.312. The molecule has 0 bridgehead atoms. The topological polar surface area (TPSA) is 82.8 Å². The molecule has 0 spiro atoms. The molecule has 0 saturated heterocycles. The summed E-state index contributed by atoms with van der Waals surface area (Å²) < 4.78 is 7.18. The summed E-state index contributed by atoms with van der Waals surface area (Å²) in [7, 11) is 0. The van der Waals surface area contributed by atoms with Gasteiger partial charge in [0.25, 0.3) is 5.89 Å². The van der Waals surface area contributed by atoms with Crippen molar-refractivity contribution in [1.29, 1.82) is 0 Å². The summed E-state index contributed by atoms with van der Waals surface area (Å²) in [5.41, 5.74) is 8.35. The third-order valence-corrected chi connectivity index (χ3v) is 4.59. The van der Waals surface area contributed by atoms with Crippen LogP contribution in [0.25, 0.3) is 17.1 Å². The van der Waals surface area contributed by atoms with Crippen LogP contribution in [-0.4, -0.2) is 19.9 Å². The first-order valence-electron chi connectivity index (χ1n) is 7.51. The molecule has 6 nitrogen and oxygen atoms in total. The summed E-state index contributed by atoms with van der Waals surface area (Å²) >= 11 is 5.92. The predicted molar refractivity (Wildman–Crippen MR) is 93.6 cm³/mol. The SMILES string of the molecule is Cc1nn(-c2ccc(Cl)cc2)cc1-c1nc(C2(N)CCC2)no1.Cl. The van der Waals surface area contributed by atoms with Crippen molar-refractivity contribution < 1.29 is 4.52 Å². The summed E-state index contributed by atoms with van der Waals surface area (Å²) in [6, 6.07) is 7.46. The monoisotopic (exact) mass is 365 g/mol. The van der Waals surface area contributed by atoms with Gasteiger partial charge in [0.2, 0.25) is 0 Å². The van der Waals surface area contributed by atoms with Gasteiger partial charge in [0.05, 0.1) is 22.5 Å². The van der Waals surface area contributed by atoms with Crippen LogP contribution < -0.4 is 5.73 Å². The zero-order chi connectivity index (χ0) is 16.0. The van der Waals surface area contributed by atoms with Gasteiger partial charge in [-0.1, -0.05) is 16.8 Å². The van der Waals surface area contributed by atoms with Crippen molar-refractivity contribution in [1.82, 2.24) is 19.9 Å². The first-order valence-corrected chi connectivity index (χ1v) is 7.89. The Kier molecular flexibility index (Phi) is 4.38. The number of hydrogen-bond donors (Lipinski definition) is 1. The number of hydrogen-bond acceptors (Lipinski definition) is 5.